The first-order valence-corrected chi connectivity index (χ1v) is 11.3. The van der Waals surface area contributed by atoms with Crippen LogP contribution in [0.2, 0.25) is 4.34 Å². The average molecular weight is 429 g/mol. The fraction of sp³-hybridized carbons (Fsp3) is 0.389. The number of carbonyl (C=O) groups is 1. The second-order valence-corrected chi connectivity index (χ2v) is 9.99. The summed E-state index contributed by atoms with van der Waals surface area (Å²) in [6, 6.07) is 12.6. The highest BCUT2D eigenvalue weighted by molar-refractivity contribution is 7.91. The van der Waals surface area contributed by atoms with E-state index in [0.717, 1.165) is 17.1 Å². The Morgan fingerprint density at radius 2 is 1.78 bits per heavy atom. The molecule has 146 valence electrons. The third kappa shape index (κ3) is 5.22. The number of hydrogen-bond donors (Lipinski definition) is 0. The monoisotopic (exact) mass is 428 g/mol. The summed E-state index contributed by atoms with van der Waals surface area (Å²) in [5.74, 6) is 0.820. The second kappa shape index (κ2) is 9.05. The van der Waals surface area contributed by atoms with Crippen LogP contribution in [0, 0.1) is 0 Å². The minimum absolute atomic E-state index is 0.0304. The molecule has 0 radical (unpaired) electrons. The van der Waals surface area contributed by atoms with Crippen molar-refractivity contribution in [2.75, 3.05) is 32.8 Å². The van der Waals surface area contributed by atoms with Crippen LogP contribution in [0.25, 0.3) is 0 Å². The summed E-state index contributed by atoms with van der Waals surface area (Å²) in [4.78, 5) is 14.0. The Hall–Kier alpha value is -1.61. The predicted octanol–water partition coefficient (Wildman–Crippen LogP) is 3.09. The van der Waals surface area contributed by atoms with Gasteiger partial charge in [-0.15, -0.1) is 11.3 Å². The number of para-hydroxylation sites is 1. The lowest BCUT2D eigenvalue weighted by Crippen LogP contribution is -2.50. The molecular formula is C18H21ClN2O4S2. The van der Waals surface area contributed by atoms with Gasteiger partial charge in [0.1, 0.15) is 9.96 Å². The van der Waals surface area contributed by atoms with Gasteiger partial charge in [-0.05, 0) is 30.7 Å². The van der Waals surface area contributed by atoms with Crippen LogP contribution >= 0.6 is 22.9 Å². The smallest absolute Gasteiger partial charge is 0.252 e. The van der Waals surface area contributed by atoms with Crippen LogP contribution in [-0.4, -0.2) is 56.3 Å². The van der Waals surface area contributed by atoms with Gasteiger partial charge in [-0.1, -0.05) is 29.8 Å². The van der Waals surface area contributed by atoms with E-state index in [1.165, 1.54) is 10.4 Å². The van der Waals surface area contributed by atoms with Gasteiger partial charge >= 0.3 is 0 Å². The van der Waals surface area contributed by atoms with E-state index in [-0.39, 0.29) is 10.1 Å². The number of thiophene rings is 1. The molecule has 2 aromatic rings. The lowest BCUT2D eigenvalue weighted by molar-refractivity contribution is -0.132. The van der Waals surface area contributed by atoms with Gasteiger partial charge in [0.05, 0.1) is 10.9 Å². The summed E-state index contributed by atoms with van der Waals surface area (Å²) in [6.07, 6.45) is 1.01. The molecule has 9 heteroatoms. The van der Waals surface area contributed by atoms with Crippen LogP contribution in [0.15, 0.2) is 46.7 Å². The summed E-state index contributed by atoms with van der Waals surface area (Å²) in [5, 5.41) is 0. The number of rotatable bonds is 7. The van der Waals surface area contributed by atoms with Gasteiger partial charge in [0.15, 0.2) is 0 Å². The zero-order valence-electron chi connectivity index (χ0n) is 14.7. The Morgan fingerprint density at radius 1 is 1.07 bits per heavy atom. The number of hydrogen-bond acceptors (Lipinski definition) is 5. The molecule has 6 nitrogen and oxygen atoms in total. The number of carbonyl (C=O) groups excluding carboxylic acids is 1. The molecule has 0 spiro atoms. The van der Waals surface area contributed by atoms with Crippen molar-refractivity contribution in [3.05, 3.63) is 46.8 Å². The fourth-order valence-corrected chi connectivity index (χ4v) is 5.89. The van der Waals surface area contributed by atoms with Crippen molar-refractivity contribution in [1.82, 2.24) is 9.21 Å². The molecule has 1 aromatic carbocycles. The Morgan fingerprint density at radius 3 is 2.41 bits per heavy atom. The van der Waals surface area contributed by atoms with Crippen molar-refractivity contribution in [2.45, 2.75) is 17.1 Å². The van der Waals surface area contributed by atoms with Gasteiger partial charge in [-0.2, -0.15) is 4.31 Å². The third-order valence-corrected chi connectivity index (χ3v) is 7.88. The first-order valence-electron chi connectivity index (χ1n) is 8.68. The number of halogens is 1. The summed E-state index contributed by atoms with van der Waals surface area (Å²) < 4.78 is 32.8. The number of benzene rings is 1. The van der Waals surface area contributed by atoms with Gasteiger partial charge < -0.3 is 9.64 Å². The normalized spacial score (nSPS) is 15.7. The first-order chi connectivity index (χ1) is 13.0. The molecule has 1 amide bonds. The molecule has 2 heterocycles. The summed E-state index contributed by atoms with van der Waals surface area (Å²) in [7, 11) is -3.53. The topological polar surface area (TPSA) is 66.9 Å². The highest BCUT2D eigenvalue weighted by Crippen LogP contribution is 2.28. The molecule has 1 fully saturated rings. The Balaban J connectivity index is 1.42. The van der Waals surface area contributed by atoms with E-state index in [1.54, 1.807) is 11.0 Å². The molecule has 0 N–H and O–H groups in total. The Bertz CT molecular complexity index is 862. The number of amides is 1. The molecule has 1 aliphatic heterocycles. The molecule has 1 saturated heterocycles. The van der Waals surface area contributed by atoms with Crippen molar-refractivity contribution >= 4 is 38.9 Å². The zero-order chi connectivity index (χ0) is 19.3. The minimum Gasteiger partial charge on any atom is -0.494 e. The maximum Gasteiger partial charge on any atom is 0.252 e. The van der Waals surface area contributed by atoms with Crippen LogP contribution < -0.4 is 4.74 Å². The number of piperazine rings is 1. The van der Waals surface area contributed by atoms with Crippen molar-refractivity contribution in [3.8, 4) is 5.75 Å². The molecule has 0 aliphatic carbocycles. The van der Waals surface area contributed by atoms with Crippen molar-refractivity contribution in [1.29, 1.82) is 0 Å². The fourth-order valence-electron chi connectivity index (χ4n) is 2.83. The van der Waals surface area contributed by atoms with E-state index in [4.69, 9.17) is 16.3 Å². The van der Waals surface area contributed by atoms with E-state index in [0.29, 0.717) is 50.0 Å². The first kappa shape index (κ1) is 20.1. The van der Waals surface area contributed by atoms with Gasteiger partial charge in [0.2, 0.25) is 5.91 Å². The van der Waals surface area contributed by atoms with Gasteiger partial charge in [-0.25, -0.2) is 8.42 Å². The van der Waals surface area contributed by atoms with Crippen LogP contribution in [-0.2, 0) is 14.8 Å². The molecule has 27 heavy (non-hydrogen) atoms. The lowest BCUT2D eigenvalue weighted by atomic mass is 10.2. The van der Waals surface area contributed by atoms with Crippen molar-refractivity contribution in [3.63, 3.8) is 0 Å². The SMILES string of the molecule is O=C(CCCOc1ccccc1)N1CCN(S(=O)(=O)c2ccc(Cl)s2)CC1. The molecule has 0 saturated carbocycles. The predicted molar refractivity (Wildman–Crippen MR) is 106 cm³/mol. The average Bonchev–Trinajstić information content (AvgIpc) is 3.13. The summed E-state index contributed by atoms with van der Waals surface area (Å²) >= 11 is 6.89. The second-order valence-electron chi connectivity index (χ2n) is 6.11. The van der Waals surface area contributed by atoms with Crippen molar-refractivity contribution in [2.24, 2.45) is 0 Å². The number of nitrogens with zero attached hydrogens (tertiary/aromatic N) is 2. The molecule has 3 rings (SSSR count). The highest BCUT2D eigenvalue weighted by atomic mass is 35.5. The largest absolute Gasteiger partial charge is 0.494 e. The standard InChI is InChI=1S/C18H21ClN2O4S2/c19-16-8-9-18(26-16)27(23,24)21-12-10-20(11-13-21)17(22)7-4-14-25-15-5-2-1-3-6-15/h1-3,5-6,8-9H,4,7,10-14H2. The molecule has 1 aromatic heterocycles. The lowest BCUT2D eigenvalue weighted by Gasteiger charge is -2.33. The van der Waals surface area contributed by atoms with Gasteiger partial charge in [-0.3, -0.25) is 4.79 Å². The quantitative estimate of drug-likeness (QED) is 0.635. The van der Waals surface area contributed by atoms with Gasteiger partial charge in [0, 0.05) is 32.6 Å². The Kier molecular flexibility index (Phi) is 6.75. The van der Waals surface area contributed by atoms with Crippen LogP contribution in [0.3, 0.4) is 0 Å². The molecule has 0 unspecified atom stereocenters. The summed E-state index contributed by atoms with van der Waals surface area (Å²) in [5.41, 5.74) is 0. The molecule has 1 aliphatic rings. The zero-order valence-corrected chi connectivity index (χ0v) is 17.1. The van der Waals surface area contributed by atoms with E-state index in [2.05, 4.69) is 0 Å². The van der Waals surface area contributed by atoms with E-state index in [1.807, 2.05) is 30.3 Å². The molecule has 0 bridgehead atoms. The van der Waals surface area contributed by atoms with E-state index in [9.17, 15) is 13.2 Å². The van der Waals surface area contributed by atoms with Gasteiger partial charge in [0.25, 0.3) is 10.0 Å². The van der Waals surface area contributed by atoms with E-state index < -0.39 is 10.0 Å². The maximum absolute atomic E-state index is 12.6. The van der Waals surface area contributed by atoms with Crippen LogP contribution in [0.1, 0.15) is 12.8 Å². The molecule has 0 atom stereocenters. The van der Waals surface area contributed by atoms with E-state index >= 15 is 0 Å². The minimum atomic E-state index is -3.53. The van der Waals surface area contributed by atoms with Crippen LogP contribution in [0.4, 0.5) is 0 Å². The number of ether oxygens (including phenoxy) is 1. The van der Waals surface area contributed by atoms with Crippen molar-refractivity contribution < 1.29 is 17.9 Å². The number of sulfonamides is 1. The Labute approximate surface area is 168 Å². The highest BCUT2D eigenvalue weighted by Gasteiger charge is 2.30. The summed E-state index contributed by atoms with van der Waals surface area (Å²) in [6.45, 7) is 1.87. The third-order valence-electron chi connectivity index (χ3n) is 4.28. The van der Waals surface area contributed by atoms with Crippen LogP contribution in [0.5, 0.6) is 5.75 Å². The molecular weight excluding hydrogens is 408 g/mol. The maximum atomic E-state index is 12.6.